The highest BCUT2D eigenvalue weighted by Crippen LogP contribution is 2.37. The molecular formula is C20H23F3N2O2. The van der Waals surface area contributed by atoms with Crippen LogP contribution in [0.2, 0.25) is 0 Å². The minimum absolute atomic E-state index is 0.0959. The molecule has 0 aromatic heterocycles. The molecule has 1 aliphatic heterocycles. The predicted octanol–water partition coefficient (Wildman–Crippen LogP) is 4.64. The summed E-state index contributed by atoms with van der Waals surface area (Å²) in [6.45, 7) is 1.08. The lowest BCUT2D eigenvalue weighted by Gasteiger charge is -2.35. The van der Waals surface area contributed by atoms with Crippen molar-refractivity contribution in [1.29, 1.82) is 0 Å². The first-order valence-electron chi connectivity index (χ1n) is 8.83. The van der Waals surface area contributed by atoms with Gasteiger partial charge >= 0.3 is 6.18 Å². The lowest BCUT2D eigenvalue weighted by Crippen LogP contribution is -2.39. The molecule has 27 heavy (non-hydrogen) atoms. The summed E-state index contributed by atoms with van der Waals surface area (Å²) >= 11 is 0. The molecule has 0 bridgehead atoms. The Morgan fingerprint density at radius 2 is 1.67 bits per heavy atom. The number of ether oxygens (including phenoxy) is 2. The second-order valence-corrected chi connectivity index (χ2v) is 6.66. The smallest absolute Gasteiger partial charge is 0.391 e. The Balaban J connectivity index is 1.59. The van der Waals surface area contributed by atoms with Crippen LogP contribution in [0, 0.1) is 5.92 Å². The molecule has 2 aromatic carbocycles. The SMILES string of the molecule is COc1ccc(COc2ccc(N3CCC(C(F)(F)F)CC3)c(N)c2)cc1. The number of anilines is 2. The molecule has 7 heteroatoms. The Bertz CT molecular complexity index is 755. The van der Waals surface area contributed by atoms with E-state index in [4.69, 9.17) is 15.2 Å². The average molecular weight is 380 g/mol. The molecule has 0 radical (unpaired) electrons. The number of nitrogen functional groups attached to an aromatic ring is 1. The molecule has 3 rings (SSSR count). The topological polar surface area (TPSA) is 47.7 Å². The number of rotatable bonds is 5. The number of halogens is 3. The second-order valence-electron chi connectivity index (χ2n) is 6.66. The molecular weight excluding hydrogens is 357 g/mol. The third kappa shape index (κ3) is 4.78. The first-order chi connectivity index (χ1) is 12.9. The Morgan fingerprint density at radius 1 is 1.04 bits per heavy atom. The molecule has 0 atom stereocenters. The van der Waals surface area contributed by atoms with Gasteiger partial charge < -0.3 is 20.1 Å². The molecule has 1 aliphatic rings. The normalized spacial score (nSPS) is 15.6. The van der Waals surface area contributed by atoms with E-state index in [0.717, 1.165) is 17.0 Å². The number of benzene rings is 2. The average Bonchev–Trinajstić information content (AvgIpc) is 2.66. The van der Waals surface area contributed by atoms with Gasteiger partial charge in [0.05, 0.1) is 24.4 Å². The number of piperidine rings is 1. The van der Waals surface area contributed by atoms with Crippen molar-refractivity contribution >= 4 is 11.4 Å². The van der Waals surface area contributed by atoms with Crippen molar-refractivity contribution < 1.29 is 22.6 Å². The van der Waals surface area contributed by atoms with Gasteiger partial charge in [-0.2, -0.15) is 13.2 Å². The summed E-state index contributed by atoms with van der Waals surface area (Å²) in [4.78, 5) is 1.91. The van der Waals surface area contributed by atoms with Crippen molar-refractivity contribution in [3.63, 3.8) is 0 Å². The number of methoxy groups -OCH3 is 1. The van der Waals surface area contributed by atoms with E-state index in [0.29, 0.717) is 31.1 Å². The molecule has 146 valence electrons. The van der Waals surface area contributed by atoms with Crippen molar-refractivity contribution in [2.75, 3.05) is 30.8 Å². The van der Waals surface area contributed by atoms with Crippen molar-refractivity contribution in [3.05, 3.63) is 48.0 Å². The van der Waals surface area contributed by atoms with Gasteiger partial charge in [-0.1, -0.05) is 12.1 Å². The van der Waals surface area contributed by atoms with Crippen molar-refractivity contribution in [2.24, 2.45) is 5.92 Å². The van der Waals surface area contributed by atoms with E-state index in [1.54, 1.807) is 19.2 Å². The molecule has 4 nitrogen and oxygen atoms in total. The van der Waals surface area contributed by atoms with Crippen LogP contribution in [0.1, 0.15) is 18.4 Å². The van der Waals surface area contributed by atoms with E-state index in [9.17, 15) is 13.2 Å². The number of nitrogens with two attached hydrogens (primary N) is 1. The minimum atomic E-state index is -4.11. The van der Waals surface area contributed by atoms with E-state index < -0.39 is 12.1 Å². The van der Waals surface area contributed by atoms with E-state index in [1.807, 2.05) is 35.2 Å². The fourth-order valence-electron chi connectivity index (χ4n) is 3.25. The van der Waals surface area contributed by atoms with Crippen LogP contribution in [0.5, 0.6) is 11.5 Å². The zero-order valence-corrected chi connectivity index (χ0v) is 15.1. The summed E-state index contributed by atoms with van der Waals surface area (Å²) in [5.41, 5.74) is 8.38. The van der Waals surface area contributed by atoms with Gasteiger partial charge in [0.1, 0.15) is 18.1 Å². The Hall–Kier alpha value is -2.57. The first-order valence-corrected chi connectivity index (χ1v) is 8.83. The van der Waals surface area contributed by atoms with Crippen LogP contribution in [0.25, 0.3) is 0 Å². The molecule has 2 aromatic rings. The van der Waals surface area contributed by atoms with Gasteiger partial charge in [0, 0.05) is 19.2 Å². The second kappa shape index (κ2) is 7.98. The molecule has 0 amide bonds. The lowest BCUT2D eigenvalue weighted by atomic mass is 9.96. The van der Waals surface area contributed by atoms with E-state index in [1.165, 1.54) is 0 Å². The monoisotopic (exact) mass is 380 g/mol. The van der Waals surface area contributed by atoms with Crippen LogP contribution in [-0.4, -0.2) is 26.4 Å². The molecule has 1 fully saturated rings. The first kappa shape index (κ1) is 19.2. The van der Waals surface area contributed by atoms with Crippen LogP contribution >= 0.6 is 0 Å². The van der Waals surface area contributed by atoms with Crippen LogP contribution in [0.4, 0.5) is 24.5 Å². The number of nitrogens with zero attached hydrogens (tertiary/aromatic N) is 1. The Morgan fingerprint density at radius 3 is 2.22 bits per heavy atom. The summed E-state index contributed by atoms with van der Waals surface area (Å²) in [5.74, 6) is 0.181. The van der Waals surface area contributed by atoms with Crippen molar-refractivity contribution in [3.8, 4) is 11.5 Å². The van der Waals surface area contributed by atoms with Gasteiger partial charge in [-0.05, 0) is 42.7 Å². The van der Waals surface area contributed by atoms with Crippen molar-refractivity contribution in [2.45, 2.75) is 25.6 Å². The molecule has 0 saturated carbocycles. The zero-order valence-electron chi connectivity index (χ0n) is 15.1. The Labute approximate surface area is 156 Å². The molecule has 0 aliphatic carbocycles. The van der Waals surface area contributed by atoms with Gasteiger partial charge in [-0.25, -0.2) is 0 Å². The summed E-state index contributed by atoms with van der Waals surface area (Å²) < 4.78 is 49.3. The molecule has 1 heterocycles. The van der Waals surface area contributed by atoms with Crippen LogP contribution in [-0.2, 0) is 6.61 Å². The summed E-state index contributed by atoms with van der Waals surface area (Å²) in [7, 11) is 1.61. The third-order valence-electron chi connectivity index (χ3n) is 4.86. The van der Waals surface area contributed by atoms with E-state index in [-0.39, 0.29) is 12.8 Å². The Kier molecular flexibility index (Phi) is 5.68. The third-order valence-corrected chi connectivity index (χ3v) is 4.86. The quantitative estimate of drug-likeness (QED) is 0.768. The number of alkyl halides is 3. The summed E-state index contributed by atoms with van der Waals surface area (Å²) in [6, 6.07) is 12.9. The van der Waals surface area contributed by atoms with Gasteiger partial charge in [0.15, 0.2) is 0 Å². The summed E-state index contributed by atoms with van der Waals surface area (Å²) in [5, 5.41) is 0. The largest absolute Gasteiger partial charge is 0.497 e. The van der Waals surface area contributed by atoms with Gasteiger partial charge in [0.25, 0.3) is 0 Å². The highest BCUT2D eigenvalue weighted by atomic mass is 19.4. The highest BCUT2D eigenvalue weighted by molar-refractivity contribution is 5.69. The molecule has 2 N–H and O–H groups in total. The van der Waals surface area contributed by atoms with Gasteiger partial charge in [-0.15, -0.1) is 0 Å². The van der Waals surface area contributed by atoms with E-state index >= 15 is 0 Å². The van der Waals surface area contributed by atoms with Gasteiger partial charge in [-0.3, -0.25) is 0 Å². The minimum Gasteiger partial charge on any atom is -0.497 e. The van der Waals surface area contributed by atoms with Crippen LogP contribution in [0.15, 0.2) is 42.5 Å². The molecule has 0 spiro atoms. The van der Waals surface area contributed by atoms with Crippen LogP contribution in [0.3, 0.4) is 0 Å². The zero-order chi connectivity index (χ0) is 19.4. The van der Waals surface area contributed by atoms with Crippen molar-refractivity contribution in [1.82, 2.24) is 0 Å². The number of hydrogen-bond donors (Lipinski definition) is 1. The standard InChI is InChI=1S/C20H23F3N2O2/c1-26-16-4-2-14(3-5-16)13-27-17-6-7-19(18(24)12-17)25-10-8-15(9-11-25)20(21,22)23/h2-7,12,15H,8-11,13,24H2,1H3. The maximum atomic E-state index is 12.8. The predicted molar refractivity (Wildman–Crippen MR) is 99.2 cm³/mol. The summed E-state index contributed by atoms with van der Waals surface area (Å²) in [6.07, 6.45) is -3.92. The molecule has 1 saturated heterocycles. The van der Waals surface area contributed by atoms with E-state index in [2.05, 4.69) is 0 Å². The highest BCUT2D eigenvalue weighted by Gasteiger charge is 2.41. The fraction of sp³-hybridized carbons (Fsp3) is 0.400. The fourth-order valence-corrected chi connectivity index (χ4v) is 3.25. The maximum absolute atomic E-state index is 12.8. The maximum Gasteiger partial charge on any atom is 0.391 e. The lowest BCUT2D eigenvalue weighted by molar-refractivity contribution is -0.179. The molecule has 0 unspecified atom stereocenters. The van der Waals surface area contributed by atoms with Crippen LogP contribution < -0.4 is 20.1 Å². The number of hydrogen-bond acceptors (Lipinski definition) is 4. The van der Waals surface area contributed by atoms with Gasteiger partial charge in [0.2, 0.25) is 0 Å².